The monoisotopic (exact) mass is 235 g/mol. The van der Waals surface area contributed by atoms with Gasteiger partial charge in [0.05, 0.1) is 18.6 Å². The summed E-state index contributed by atoms with van der Waals surface area (Å²) in [5.74, 6) is 0.0228. The van der Waals surface area contributed by atoms with Gasteiger partial charge in [-0.1, -0.05) is 29.8 Å². The smallest absolute Gasteiger partial charge is 0.227 e. The van der Waals surface area contributed by atoms with Crippen LogP contribution < -0.4 is 0 Å². The molecule has 3 heteroatoms. The maximum absolute atomic E-state index is 12.0. The second-order valence-electron chi connectivity index (χ2n) is 5.09. The van der Waals surface area contributed by atoms with Crippen LogP contribution in [0.25, 0.3) is 0 Å². The number of hydrogen-bond acceptors (Lipinski definition) is 2. The highest BCUT2D eigenvalue weighted by Gasteiger charge is 2.26. The Morgan fingerprint density at radius 1 is 1.41 bits per heavy atom. The average molecular weight is 235 g/mol. The van der Waals surface area contributed by atoms with Gasteiger partial charge in [-0.25, -0.2) is 0 Å². The predicted molar refractivity (Wildman–Crippen MR) is 68.8 cm³/mol. The van der Waals surface area contributed by atoms with Crippen molar-refractivity contribution in [1.82, 2.24) is 4.90 Å². The van der Waals surface area contributed by atoms with Crippen molar-refractivity contribution in [2.45, 2.75) is 32.7 Å². The number of aryl methyl sites for hydroxylation is 1. The lowest BCUT2D eigenvalue weighted by Gasteiger charge is -2.34. The molecule has 0 saturated heterocycles. The van der Waals surface area contributed by atoms with Gasteiger partial charge in [0.25, 0.3) is 0 Å². The number of nitrogens with zero attached hydrogens (tertiary/aromatic N) is 1. The van der Waals surface area contributed by atoms with E-state index in [0.29, 0.717) is 6.42 Å². The highest BCUT2D eigenvalue weighted by molar-refractivity contribution is 5.79. The molecule has 0 atom stereocenters. The summed E-state index contributed by atoms with van der Waals surface area (Å²) in [6, 6.07) is 7.92. The number of benzene rings is 1. The summed E-state index contributed by atoms with van der Waals surface area (Å²) in [6.07, 6.45) is 0.377. The summed E-state index contributed by atoms with van der Waals surface area (Å²) in [6.45, 7) is 5.67. The molecule has 0 bridgehead atoms. The van der Waals surface area contributed by atoms with Gasteiger partial charge in [-0.3, -0.25) is 4.79 Å². The first-order chi connectivity index (χ1) is 7.86. The van der Waals surface area contributed by atoms with Crippen LogP contribution in [-0.4, -0.2) is 35.1 Å². The Kier molecular flexibility index (Phi) is 4.29. The van der Waals surface area contributed by atoms with Crippen LogP contribution in [0.5, 0.6) is 0 Å². The minimum absolute atomic E-state index is 0.0228. The van der Waals surface area contributed by atoms with E-state index in [-0.39, 0.29) is 12.5 Å². The zero-order chi connectivity index (χ0) is 13.1. The Bertz CT molecular complexity index is 399. The molecule has 0 unspecified atom stereocenters. The fourth-order valence-corrected chi connectivity index (χ4v) is 1.56. The molecule has 17 heavy (non-hydrogen) atoms. The van der Waals surface area contributed by atoms with E-state index in [2.05, 4.69) is 0 Å². The van der Waals surface area contributed by atoms with Crippen molar-refractivity contribution in [1.29, 1.82) is 0 Å². The van der Waals surface area contributed by atoms with E-state index < -0.39 is 5.54 Å². The third-order valence-corrected chi connectivity index (χ3v) is 3.11. The summed E-state index contributed by atoms with van der Waals surface area (Å²) in [4.78, 5) is 13.7. The molecule has 3 nitrogen and oxygen atoms in total. The molecule has 0 radical (unpaired) electrons. The summed E-state index contributed by atoms with van der Waals surface area (Å²) in [7, 11) is 1.73. The Labute approximate surface area is 103 Å². The summed E-state index contributed by atoms with van der Waals surface area (Å²) in [5.41, 5.74) is 1.65. The molecule has 1 rings (SSSR count). The zero-order valence-corrected chi connectivity index (χ0v) is 11.0. The van der Waals surface area contributed by atoms with E-state index in [9.17, 15) is 9.90 Å². The van der Waals surface area contributed by atoms with Crippen LogP contribution in [0.4, 0.5) is 0 Å². The van der Waals surface area contributed by atoms with Gasteiger partial charge in [-0.05, 0) is 26.3 Å². The van der Waals surface area contributed by atoms with Crippen molar-refractivity contribution in [2.75, 3.05) is 13.7 Å². The Morgan fingerprint density at radius 2 is 2.06 bits per heavy atom. The zero-order valence-electron chi connectivity index (χ0n) is 11.0. The van der Waals surface area contributed by atoms with Gasteiger partial charge in [0.2, 0.25) is 5.91 Å². The normalized spacial score (nSPS) is 11.4. The van der Waals surface area contributed by atoms with E-state index in [0.717, 1.165) is 11.1 Å². The third kappa shape index (κ3) is 3.56. The highest BCUT2D eigenvalue weighted by atomic mass is 16.3. The van der Waals surface area contributed by atoms with Gasteiger partial charge in [0.1, 0.15) is 0 Å². The summed E-state index contributed by atoms with van der Waals surface area (Å²) >= 11 is 0. The molecule has 0 saturated carbocycles. The Balaban J connectivity index is 2.73. The first-order valence-electron chi connectivity index (χ1n) is 5.80. The molecular weight excluding hydrogens is 214 g/mol. The van der Waals surface area contributed by atoms with E-state index in [1.807, 2.05) is 45.0 Å². The van der Waals surface area contributed by atoms with E-state index in [1.54, 1.807) is 11.9 Å². The van der Waals surface area contributed by atoms with Crippen LogP contribution in [-0.2, 0) is 11.2 Å². The number of hydrogen-bond donors (Lipinski definition) is 1. The van der Waals surface area contributed by atoms with Crippen molar-refractivity contribution in [2.24, 2.45) is 0 Å². The minimum atomic E-state index is -0.513. The van der Waals surface area contributed by atoms with Crippen LogP contribution in [0, 0.1) is 6.92 Å². The molecule has 1 aromatic carbocycles. The van der Waals surface area contributed by atoms with Gasteiger partial charge in [-0.2, -0.15) is 0 Å². The molecule has 94 valence electrons. The number of likely N-dealkylation sites (N-methyl/N-ethyl adjacent to an activating group) is 1. The molecule has 0 spiro atoms. The molecule has 0 aliphatic carbocycles. The van der Waals surface area contributed by atoms with Gasteiger partial charge in [0, 0.05) is 7.05 Å². The number of aliphatic hydroxyl groups excluding tert-OH is 1. The van der Waals surface area contributed by atoms with Crippen molar-refractivity contribution in [3.63, 3.8) is 0 Å². The molecule has 0 fully saturated rings. The maximum Gasteiger partial charge on any atom is 0.227 e. The molecule has 1 amide bonds. The summed E-state index contributed by atoms with van der Waals surface area (Å²) < 4.78 is 0. The topological polar surface area (TPSA) is 40.5 Å². The SMILES string of the molecule is Cc1cccc(CC(=O)N(C)C(C)(C)CO)c1. The largest absolute Gasteiger partial charge is 0.394 e. The number of carbonyl (C=O) groups is 1. The third-order valence-electron chi connectivity index (χ3n) is 3.11. The first kappa shape index (κ1) is 13.7. The van der Waals surface area contributed by atoms with Crippen LogP contribution in [0.3, 0.4) is 0 Å². The number of carbonyl (C=O) groups excluding carboxylic acids is 1. The minimum Gasteiger partial charge on any atom is -0.394 e. The van der Waals surface area contributed by atoms with Crippen LogP contribution >= 0.6 is 0 Å². The Hall–Kier alpha value is -1.35. The van der Waals surface area contributed by atoms with Crippen molar-refractivity contribution < 1.29 is 9.90 Å². The molecule has 0 aliphatic heterocycles. The number of rotatable bonds is 4. The lowest BCUT2D eigenvalue weighted by atomic mass is 10.0. The number of aliphatic hydroxyl groups is 1. The number of amides is 1. The van der Waals surface area contributed by atoms with Crippen molar-refractivity contribution in [3.8, 4) is 0 Å². The van der Waals surface area contributed by atoms with Crippen LogP contribution in [0.15, 0.2) is 24.3 Å². The summed E-state index contributed by atoms with van der Waals surface area (Å²) in [5, 5.41) is 9.23. The molecule has 0 aromatic heterocycles. The fraction of sp³-hybridized carbons (Fsp3) is 0.500. The Morgan fingerprint density at radius 3 is 2.59 bits per heavy atom. The quantitative estimate of drug-likeness (QED) is 0.864. The second kappa shape index (κ2) is 5.32. The molecule has 1 aromatic rings. The van der Waals surface area contributed by atoms with Crippen molar-refractivity contribution in [3.05, 3.63) is 35.4 Å². The van der Waals surface area contributed by atoms with Gasteiger partial charge in [-0.15, -0.1) is 0 Å². The fourth-order valence-electron chi connectivity index (χ4n) is 1.56. The van der Waals surface area contributed by atoms with E-state index in [4.69, 9.17) is 0 Å². The van der Waals surface area contributed by atoms with Gasteiger partial charge in [0.15, 0.2) is 0 Å². The lowest BCUT2D eigenvalue weighted by molar-refractivity contribution is -0.135. The maximum atomic E-state index is 12.0. The van der Waals surface area contributed by atoms with Crippen LogP contribution in [0.2, 0.25) is 0 Å². The lowest BCUT2D eigenvalue weighted by Crippen LogP contribution is -2.48. The van der Waals surface area contributed by atoms with Gasteiger partial charge < -0.3 is 10.0 Å². The molecule has 0 heterocycles. The molecule has 1 N–H and O–H groups in total. The average Bonchev–Trinajstić information content (AvgIpc) is 2.28. The first-order valence-corrected chi connectivity index (χ1v) is 5.80. The standard InChI is InChI=1S/C14H21NO2/c1-11-6-5-7-12(8-11)9-13(17)15(4)14(2,3)10-16/h5-8,16H,9-10H2,1-4H3. The molecule has 0 aliphatic rings. The van der Waals surface area contributed by atoms with E-state index in [1.165, 1.54) is 0 Å². The predicted octanol–water partition coefficient (Wildman–Crippen LogP) is 1.77. The second-order valence-corrected chi connectivity index (χ2v) is 5.09. The molecular formula is C14H21NO2. The highest BCUT2D eigenvalue weighted by Crippen LogP contribution is 2.14. The van der Waals surface area contributed by atoms with Crippen molar-refractivity contribution >= 4 is 5.91 Å². The van der Waals surface area contributed by atoms with E-state index >= 15 is 0 Å². The van der Waals surface area contributed by atoms with Gasteiger partial charge >= 0.3 is 0 Å². The van der Waals surface area contributed by atoms with Crippen LogP contribution in [0.1, 0.15) is 25.0 Å².